The molecule has 0 aromatic rings. The number of nitrogens with one attached hydrogen (secondary N) is 2. The first-order valence-corrected chi connectivity index (χ1v) is 5.32. The van der Waals surface area contributed by atoms with Gasteiger partial charge in [0.05, 0.1) is 0 Å². The highest BCUT2D eigenvalue weighted by molar-refractivity contribution is 7.87. The lowest BCUT2D eigenvalue weighted by atomic mass is 10.2. The average Bonchev–Trinajstić information content (AvgIpc) is 2.00. The third-order valence-corrected chi connectivity index (χ3v) is 2.67. The zero-order valence-electron chi connectivity index (χ0n) is 7.37. The molecule has 0 fully saturated rings. The van der Waals surface area contributed by atoms with Gasteiger partial charge in [-0.25, -0.2) is 4.72 Å². The predicted molar refractivity (Wildman–Crippen MR) is 46.9 cm³/mol. The van der Waals surface area contributed by atoms with E-state index >= 15 is 0 Å². The molecule has 0 heterocycles. The monoisotopic (exact) mass is 196 g/mol. The number of hydrogen-bond donors (Lipinski definition) is 3. The smallest absolute Gasteiger partial charge is 0.276 e. The minimum atomic E-state index is -3.33. The summed E-state index contributed by atoms with van der Waals surface area (Å²) in [4.78, 5) is 0. The summed E-state index contributed by atoms with van der Waals surface area (Å²) in [6.07, 6.45) is 1.24. The van der Waals surface area contributed by atoms with E-state index in [1.807, 2.05) is 0 Å². The van der Waals surface area contributed by atoms with Crippen molar-refractivity contribution in [1.82, 2.24) is 9.44 Å². The standard InChI is InChI=1S/C6H16N2O3S/c1-6(4-3-5-9)8-12(10,11)7-2/h6-9H,3-5H2,1-2H3. The van der Waals surface area contributed by atoms with Gasteiger partial charge in [-0.1, -0.05) is 0 Å². The quantitative estimate of drug-likeness (QED) is 0.520. The van der Waals surface area contributed by atoms with Gasteiger partial charge in [0.1, 0.15) is 0 Å². The molecule has 0 amide bonds. The van der Waals surface area contributed by atoms with E-state index in [1.165, 1.54) is 7.05 Å². The topological polar surface area (TPSA) is 78.4 Å². The van der Waals surface area contributed by atoms with E-state index in [4.69, 9.17) is 5.11 Å². The lowest BCUT2D eigenvalue weighted by Gasteiger charge is -2.12. The lowest BCUT2D eigenvalue weighted by Crippen LogP contribution is -2.39. The van der Waals surface area contributed by atoms with Crippen molar-refractivity contribution in [3.63, 3.8) is 0 Å². The van der Waals surface area contributed by atoms with Crippen molar-refractivity contribution in [1.29, 1.82) is 0 Å². The van der Waals surface area contributed by atoms with Crippen molar-refractivity contribution in [3.8, 4) is 0 Å². The Morgan fingerprint density at radius 1 is 1.50 bits per heavy atom. The fourth-order valence-electron chi connectivity index (χ4n) is 0.780. The molecule has 1 atom stereocenters. The van der Waals surface area contributed by atoms with Gasteiger partial charge in [0.15, 0.2) is 0 Å². The van der Waals surface area contributed by atoms with E-state index in [0.29, 0.717) is 12.8 Å². The molecule has 0 saturated carbocycles. The molecule has 0 spiro atoms. The summed E-state index contributed by atoms with van der Waals surface area (Å²) in [5.74, 6) is 0. The van der Waals surface area contributed by atoms with Crippen LogP contribution >= 0.6 is 0 Å². The summed E-state index contributed by atoms with van der Waals surface area (Å²) in [5, 5.41) is 8.48. The maximum Gasteiger partial charge on any atom is 0.276 e. The summed E-state index contributed by atoms with van der Waals surface area (Å²) in [6, 6.07) is -0.144. The van der Waals surface area contributed by atoms with E-state index in [2.05, 4.69) is 9.44 Å². The second-order valence-corrected chi connectivity index (χ2v) is 4.24. The van der Waals surface area contributed by atoms with Crippen LogP contribution in [0.3, 0.4) is 0 Å². The molecule has 0 aromatic carbocycles. The molecule has 74 valence electrons. The number of hydrogen-bond acceptors (Lipinski definition) is 3. The minimum absolute atomic E-state index is 0.0889. The summed E-state index contributed by atoms with van der Waals surface area (Å²) in [7, 11) is -1.98. The molecule has 0 rings (SSSR count). The molecule has 0 saturated heterocycles. The molecule has 3 N–H and O–H groups in total. The van der Waals surface area contributed by atoms with Crippen LogP contribution in [0.4, 0.5) is 0 Å². The summed E-state index contributed by atoms with van der Waals surface area (Å²) < 4.78 is 26.3. The van der Waals surface area contributed by atoms with Crippen molar-refractivity contribution in [2.24, 2.45) is 0 Å². The Kier molecular flexibility index (Phi) is 5.39. The highest BCUT2D eigenvalue weighted by atomic mass is 32.2. The van der Waals surface area contributed by atoms with Crippen LogP contribution in [0.5, 0.6) is 0 Å². The Morgan fingerprint density at radius 2 is 2.08 bits per heavy atom. The van der Waals surface area contributed by atoms with Gasteiger partial charge in [-0.15, -0.1) is 0 Å². The van der Waals surface area contributed by atoms with Crippen LogP contribution in [0.1, 0.15) is 19.8 Å². The molecule has 0 radical (unpaired) electrons. The molecule has 5 nitrogen and oxygen atoms in total. The SMILES string of the molecule is CNS(=O)(=O)NC(C)CCCO. The zero-order chi connectivity index (χ0) is 9.61. The molecule has 0 aliphatic rings. The average molecular weight is 196 g/mol. The predicted octanol–water partition coefficient (Wildman–Crippen LogP) is -0.799. The summed E-state index contributed by atoms with van der Waals surface area (Å²) in [6.45, 7) is 1.84. The van der Waals surface area contributed by atoms with Crippen LogP contribution in [0.2, 0.25) is 0 Å². The maximum atomic E-state index is 10.9. The maximum absolute atomic E-state index is 10.9. The van der Waals surface area contributed by atoms with Gasteiger partial charge in [0, 0.05) is 19.7 Å². The molecule has 0 aliphatic heterocycles. The normalized spacial score (nSPS) is 14.6. The fourth-order valence-corrected chi connectivity index (χ4v) is 1.55. The Bertz CT molecular complexity index is 203. The summed E-state index contributed by atoms with van der Waals surface area (Å²) >= 11 is 0. The highest BCUT2D eigenvalue weighted by Gasteiger charge is 2.10. The Hall–Kier alpha value is -0.170. The van der Waals surface area contributed by atoms with Crippen molar-refractivity contribution in [2.45, 2.75) is 25.8 Å². The van der Waals surface area contributed by atoms with Gasteiger partial charge in [-0.3, -0.25) is 0 Å². The largest absolute Gasteiger partial charge is 0.396 e. The Labute approximate surface area is 73.4 Å². The van der Waals surface area contributed by atoms with Gasteiger partial charge in [0.2, 0.25) is 0 Å². The van der Waals surface area contributed by atoms with Crippen LogP contribution in [0.25, 0.3) is 0 Å². The number of aliphatic hydroxyl groups is 1. The third kappa shape index (κ3) is 5.48. The fraction of sp³-hybridized carbons (Fsp3) is 1.00. The van der Waals surface area contributed by atoms with E-state index in [-0.39, 0.29) is 12.6 Å². The molecule has 1 unspecified atom stereocenters. The van der Waals surface area contributed by atoms with Crippen LogP contribution in [0, 0.1) is 0 Å². The van der Waals surface area contributed by atoms with Crippen molar-refractivity contribution < 1.29 is 13.5 Å². The van der Waals surface area contributed by atoms with Crippen LogP contribution in [-0.4, -0.2) is 33.2 Å². The summed E-state index contributed by atoms with van der Waals surface area (Å²) in [5.41, 5.74) is 0. The van der Waals surface area contributed by atoms with Crippen molar-refractivity contribution in [3.05, 3.63) is 0 Å². The van der Waals surface area contributed by atoms with Gasteiger partial charge < -0.3 is 5.11 Å². The molecule has 0 aromatic heterocycles. The molecule has 6 heteroatoms. The first kappa shape index (κ1) is 11.8. The molecular formula is C6H16N2O3S. The van der Waals surface area contributed by atoms with Crippen LogP contribution in [0.15, 0.2) is 0 Å². The third-order valence-electron chi connectivity index (χ3n) is 1.42. The Morgan fingerprint density at radius 3 is 2.50 bits per heavy atom. The van der Waals surface area contributed by atoms with E-state index in [0.717, 1.165) is 0 Å². The van der Waals surface area contributed by atoms with E-state index in [9.17, 15) is 8.42 Å². The number of aliphatic hydroxyl groups excluding tert-OH is 1. The second-order valence-electron chi connectivity index (χ2n) is 2.59. The molecule has 12 heavy (non-hydrogen) atoms. The van der Waals surface area contributed by atoms with Gasteiger partial charge in [-0.05, 0) is 19.8 Å². The number of rotatable bonds is 6. The van der Waals surface area contributed by atoms with Crippen molar-refractivity contribution >= 4 is 10.2 Å². The zero-order valence-corrected chi connectivity index (χ0v) is 8.19. The van der Waals surface area contributed by atoms with Crippen LogP contribution < -0.4 is 9.44 Å². The Balaban J connectivity index is 3.76. The highest BCUT2D eigenvalue weighted by Crippen LogP contribution is 1.95. The van der Waals surface area contributed by atoms with Gasteiger partial charge in [0.25, 0.3) is 10.2 Å². The van der Waals surface area contributed by atoms with Gasteiger partial charge >= 0.3 is 0 Å². The molecule has 0 bridgehead atoms. The second kappa shape index (κ2) is 5.47. The van der Waals surface area contributed by atoms with Crippen LogP contribution in [-0.2, 0) is 10.2 Å². The molecule has 0 aliphatic carbocycles. The van der Waals surface area contributed by atoms with E-state index < -0.39 is 10.2 Å². The lowest BCUT2D eigenvalue weighted by molar-refractivity contribution is 0.279. The van der Waals surface area contributed by atoms with Crippen molar-refractivity contribution in [2.75, 3.05) is 13.7 Å². The molecular weight excluding hydrogens is 180 g/mol. The van der Waals surface area contributed by atoms with E-state index in [1.54, 1.807) is 6.92 Å². The first-order valence-electron chi connectivity index (χ1n) is 3.83. The first-order chi connectivity index (χ1) is 5.52. The minimum Gasteiger partial charge on any atom is -0.396 e. The van der Waals surface area contributed by atoms with Gasteiger partial charge in [-0.2, -0.15) is 13.1 Å².